The highest BCUT2D eigenvalue weighted by molar-refractivity contribution is 5.87. The minimum atomic E-state index is -0.502. The van der Waals surface area contributed by atoms with E-state index in [4.69, 9.17) is 9.47 Å². The Morgan fingerprint density at radius 2 is 2.07 bits per heavy atom. The molecule has 1 aromatic carbocycles. The minimum absolute atomic E-state index is 0.0621. The number of ether oxygens (including phenoxy) is 2. The van der Waals surface area contributed by atoms with E-state index in [-0.39, 0.29) is 12.3 Å². The zero-order valence-corrected chi connectivity index (χ0v) is 15.7. The number of para-hydroxylation sites is 1. The minimum Gasteiger partial charge on any atom is -0.493 e. The Bertz CT molecular complexity index is 806. The predicted octanol–water partition coefficient (Wildman–Crippen LogP) is 3.84. The Kier molecular flexibility index (Phi) is 8.45. The first-order valence-electron chi connectivity index (χ1n) is 9.01. The summed E-state index contributed by atoms with van der Waals surface area (Å²) in [5.41, 5.74) is 0.756. The van der Waals surface area contributed by atoms with Gasteiger partial charge < -0.3 is 14.8 Å². The van der Waals surface area contributed by atoms with Crippen LogP contribution in [0.4, 0.5) is 11.5 Å². The lowest BCUT2D eigenvalue weighted by Crippen LogP contribution is -2.09. The Balaban J connectivity index is 1.70. The standard InChI is InChI=1S/C20H23N3O5/c1-2-13-27-18-7-4-3-6-16(18)8-11-20(24)28-14-5-12-21-19-10-9-17(15-22-19)23(25)26/h3-4,6-11,15H,2,5,12-14H2,1H3,(H,21,22)/b11-8+. The van der Waals surface area contributed by atoms with Crippen LogP contribution in [0.15, 0.2) is 48.7 Å². The van der Waals surface area contributed by atoms with Gasteiger partial charge in [0.25, 0.3) is 5.69 Å². The molecule has 0 saturated carbocycles. The van der Waals surface area contributed by atoms with Crippen molar-refractivity contribution in [3.8, 4) is 5.75 Å². The number of nitrogens with one attached hydrogen (secondary N) is 1. The molecule has 1 N–H and O–H groups in total. The maximum Gasteiger partial charge on any atom is 0.330 e. The summed E-state index contributed by atoms with van der Waals surface area (Å²) >= 11 is 0. The summed E-state index contributed by atoms with van der Waals surface area (Å²) in [6.07, 6.45) is 5.72. The van der Waals surface area contributed by atoms with Gasteiger partial charge in [0, 0.05) is 24.3 Å². The van der Waals surface area contributed by atoms with E-state index in [1.165, 1.54) is 24.4 Å². The third kappa shape index (κ3) is 7.06. The molecule has 8 nitrogen and oxygen atoms in total. The van der Waals surface area contributed by atoms with Gasteiger partial charge in [-0.3, -0.25) is 10.1 Å². The van der Waals surface area contributed by atoms with E-state index in [2.05, 4.69) is 10.3 Å². The highest BCUT2D eigenvalue weighted by atomic mass is 16.6. The monoisotopic (exact) mass is 385 g/mol. The summed E-state index contributed by atoms with van der Waals surface area (Å²) < 4.78 is 10.8. The molecule has 28 heavy (non-hydrogen) atoms. The highest BCUT2D eigenvalue weighted by Gasteiger charge is 2.05. The van der Waals surface area contributed by atoms with E-state index in [9.17, 15) is 14.9 Å². The zero-order chi connectivity index (χ0) is 20.2. The topological polar surface area (TPSA) is 104 Å². The number of rotatable bonds is 11. The summed E-state index contributed by atoms with van der Waals surface area (Å²) in [6, 6.07) is 10.4. The van der Waals surface area contributed by atoms with Crippen molar-refractivity contribution in [2.24, 2.45) is 0 Å². The summed E-state index contributed by atoms with van der Waals surface area (Å²) in [7, 11) is 0. The molecule has 0 unspecified atom stereocenters. The Morgan fingerprint density at radius 3 is 2.79 bits per heavy atom. The van der Waals surface area contributed by atoms with Crippen LogP contribution in [0.25, 0.3) is 6.08 Å². The molecular formula is C20H23N3O5. The molecule has 0 fully saturated rings. The third-order valence-corrected chi connectivity index (χ3v) is 3.61. The van der Waals surface area contributed by atoms with E-state index in [1.54, 1.807) is 6.08 Å². The van der Waals surface area contributed by atoms with Crippen molar-refractivity contribution in [3.05, 3.63) is 64.3 Å². The highest BCUT2D eigenvalue weighted by Crippen LogP contribution is 2.19. The van der Waals surface area contributed by atoms with Crippen molar-refractivity contribution in [1.29, 1.82) is 0 Å². The van der Waals surface area contributed by atoms with E-state index < -0.39 is 10.9 Å². The molecule has 0 aliphatic heterocycles. The van der Waals surface area contributed by atoms with Gasteiger partial charge in [-0.2, -0.15) is 0 Å². The first-order chi connectivity index (χ1) is 13.6. The van der Waals surface area contributed by atoms with Gasteiger partial charge in [0.05, 0.1) is 18.1 Å². The fraction of sp³-hybridized carbons (Fsp3) is 0.300. The fourth-order valence-electron chi connectivity index (χ4n) is 2.23. The van der Waals surface area contributed by atoms with Crippen LogP contribution >= 0.6 is 0 Å². The molecule has 0 radical (unpaired) electrons. The first-order valence-corrected chi connectivity index (χ1v) is 9.01. The number of nitro groups is 1. The number of hydrogen-bond acceptors (Lipinski definition) is 7. The maximum atomic E-state index is 11.8. The van der Waals surface area contributed by atoms with Gasteiger partial charge in [-0.1, -0.05) is 25.1 Å². The Labute approximate surface area is 163 Å². The van der Waals surface area contributed by atoms with E-state index in [0.717, 1.165) is 17.7 Å². The van der Waals surface area contributed by atoms with Gasteiger partial charge in [0.2, 0.25) is 0 Å². The van der Waals surface area contributed by atoms with Crippen LogP contribution in [-0.2, 0) is 9.53 Å². The molecule has 2 aromatic rings. The van der Waals surface area contributed by atoms with Crippen molar-refractivity contribution in [2.45, 2.75) is 19.8 Å². The molecule has 8 heteroatoms. The quantitative estimate of drug-likeness (QED) is 0.206. The second-order valence-electron chi connectivity index (χ2n) is 5.83. The molecule has 0 amide bonds. The zero-order valence-electron chi connectivity index (χ0n) is 15.7. The molecular weight excluding hydrogens is 362 g/mol. The fourth-order valence-corrected chi connectivity index (χ4v) is 2.23. The summed E-state index contributed by atoms with van der Waals surface area (Å²) in [4.78, 5) is 25.8. The molecule has 0 saturated heterocycles. The lowest BCUT2D eigenvalue weighted by molar-refractivity contribution is -0.385. The SMILES string of the molecule is CCCOc1ccccc1/C=C/C(=O)OCCCNc1ccc([N+](=O)[O-])cn1. The average Bonchev–Trinajstić information content (AvgIpc) is 2.71. The van der Waals surface area contributed by atoms with Gasteiger partial charge in [-0.25, -0.2) is 9.78 Å². The van der Waals surface area contributed by atoms with Crippen LogP contribution in [0.3, 0.4) is 0 Å². The largest absolute Gasteiger partial charge is 0.493 e. The van der Waals surface area contributed by atoms with Gasteiger partial charge in [0.1, 0.15) is 17.8 Å². The molecule has 0 atom stereocenters. The third-order valence-electron chi connectivity index (χ3n) is 3.61. The molecule has 1 aromatic heterocycles. The molecule has 2 rings (SSSR count). The average molecular weight is 385 g/mol. The van der Waals surface area contributed by atoms with Crippen LogP contribution in [0.1, 0.15) is 25.3 Å². The number of nitrogens with zero attached hydrogens (tertiary/aromatic N) is 2. The number of esters is 1. The molecule has 0 aliphatic carbocycles. The van der Waals surface area contributed by atoms with Crippen molar-refractivity contribution in [1.82, 2.24) is 4.98 Å². The van der Waals surface area contributed by atoms with E-state index in [1.807, 2.05) is 31.2 Å². The van der Waals surface area contributed by atoms with Crippen LogP contribution < -0.4 is 10.1 Å². The van der Waals surface area contributed by atoms with Gasteiger partial charge in [0.15, 0.2) is 0 Å². The number of anilines is 1. The second-order valence-corrected chi connectivity index (χ2v) is 5.83. The summed E-state index contributed by atoms with van der Waals surface area (Å²) in [6.45, 7) is 3.42. The Morgan fingerprint density at radius 1 is 1.25 bits per heavy atom. The molecule has 0 aliphatic rings. The van der Waals surface area contributed by atoms with E-state index >= 15 is 0 Å². The smallest absolute Gasteiger partial charge is 0.330 e. The number of hydrogen-bond donors (Lipinski definition) is 1. The lowest BCUT2D eigenvalue weighted by atomic mass is 10.2. The first kappa shape index (κ1) is 20.9. The number of carbonyl (C=O) groups is 1. The predicted molar refractivity (Wildman–Crippen MR) is 106 cm³/mol. The normalized spacial score (nSPS) is 10.6. The Hall–Kier alpha value is -3.42. The van der Waals surface area contributed by atoms with Crippen molar-refractivity contribution < 1.29 is 19.2 Å². The van der Waals surface area contributed by atoms with Crippen molar-refractivity contribution >= 4 is 23.6 Å². The summed E-state index contributed by atoms with van der Waals surface area (Å²) in [5.74, 6) is 0.826. The van der Waals surface area contributed by atoms with Crippen molar-refractivity contribution in [3.63, 3.8) is 0 Å². The van der Waals surface area contributed by atoms with Gasteiger partial charge in [-0.15, -0.1) is 0 Å². The van der Waals surface area contributed by atoms with Crippen LogP contribution in [-0.4, -0.2) is 35.6 Å². The molecule has 148 valence electrons. The van der Waals surface area contributed by atoms with Gasteiger partial charge >= 0.3 is 5.97 Å². The van der Waals surface area contributed by atoms with Crippen LogP contribution in [0.5, 0.6) is 5.75 Å². The van der Waals surface area contributed by atoms with Crippen LogP contribution in [0.2, 0.25) is 0 Å². The number of pyridine rings is 1. The number of carbonyl (C=O) groups excluding carboxylic acids is 1. The lowest BCUT2D eigenvalue weighted by Gasteiger charge is -2.07. The summed E-state index contributed by atoms with van der Waals surface area (Å²) in [5, 5.41) is 13.6. The van der Waals surface area contributed by atoms with Crippen LogP contribution in [0, 0.1) is 10.1 Å². The number of benzene rings is 1. The second kappa shape index (κ2) is 11.3. The van der Waals surface area contributed by atoms with Gasteiger partial charge in [-0.05, 0) is 31.1 Å². The molecule has 0 spiro atoms. The van der Waals surface area contributed by atoms with Crippen molar-refractivity contribution in [2.75, 3.05) is 25.1 Å². The molecule has 1 heterocycles. The van der Waals surface area contributed by atoms with E-state index in [0.29, 0.717) is 25.4 Å². The maximum absolute atomic E-state index is 11.8. The number of aromatic nitrogens is 1. The molecule has 0 bridgehead atoms.